The largest absolute Gasteiger partial charge is 0.469 e. The van der Waals surface area contributed by atoms with E-state index in [1.807, 2.05) is 0 Å². The van der Waals surface area contributed by atoms with E-state index in [-0.39, 0.29) is 16.6 Å². The molecule has 7 heteroatoms. The van der Waals surface area contributed by atoms with Gasteiger partial charge in [0.1, 0.15) is 5.76 Å². The van der Waals surface area contributed by atoms with Gasteiger partial charge >= 0.3 is 0 Å². The Labute approximate surface area is 129 Å². The summed E-state index contributed by atoms with van der Waals surface area (Å²) in [5, 5.41) is 0.373. The summed E-state index contributed by atoms with van der Waals surface area (Å²) < 4.78 is 32.5. The molecule has 0 spiro atoms. The zero-order chi connectivity index (χ0) is 15.6. The molecule has 1 aromatic heterocycles. The maximum absolute atomic E-state index is 12.3. The zero-order valence-corrected chi connectivity index (χ0v) is 13.3. The van der Waals surface area contributed by atoms with E-state index in [0.717, 1.165) is 5.76 Å². The van der Waals surface area contributed by atoms with Crippen molar-refractivity contribution in [3.8, 4) is 0 Å². The first-order valence-electron chi connectivity index (χ1n) is 6.40. The van der Waals surface area contributed by atoms with Gasteiger partial charge < -0.3 is 10.2 Å². The molecule has 1 aromatic carbocycles. The number of hydrogen-bond donors (Lipinski definition) is 2. The van der Waals surface area contributed by atoms with Crippen LogP contribution in [0.3, 0.4) is 0 Å². The van der Waals surface area contributed by atoms with Crippen molar-refractivity contribution in [2.24, 2.45) is 0 Å². The standard InChI is InChI=1S/C14H17ClN2O3S/c1-9-6-12(8-13(16)14(9)15)21(18,19)17-10(2)7-11-4-3-5-20-11/h3-6,8,10,17H,7,16H2,1-2H3. The number of sulfonamides is 1. The lowest BCUT2D eigenvalue weighted by molar-refractivity contribution is 0.479. The summed E-state index contributed by atoms with van der Waals surface area (Å²) in [6.07, 6.45) is 2.02. The van der Waals surface area contributed by atoms with Crippen molar-refractivity contribution in [1.29, 1.82) is 0 Å². The molecule has 0 aliphatic rings. The van der Waals surface area contributed by atoms with E-state index in [4.69, 9.17) is 21.8 Å². The summed E-state index contributed by atoms with van der Waals surface area (Å²) >= 11 is 5.95. The molecule has 0 amide bonds. The van der Waals surface area contributed by atoms with Crippen molar-refractivity contribution in [2.75, 3.05) is 5.73 Å². The number of furan rings is 1. The highest BCUT2D eigenvalue weighted by Gasteiger charge is 2.20. The number of nitrogens with two attached hydrogens (primary N) is 1. The van der Waals surface area contributed by atoms with Crippen LogP contribution in [-0.2, 0) is 16.4 Å². The first-order chi connectivity index (χ1) is 9.79. The van der Waals surface area contributed by atoms with Gasteiger partial charge in [-0.05, 0) is 43.7 Å². The van der Waals surface area contributed by atoms with Crippen molar-refractivity contribution in [1.82, 2.24) is 4.72 Å². The topological polar surface area (TPSA) is 85.3 Å². The Bertz CT molecular complexity index is 704. The fourth-order valence-electron chi connectivity index (χ4n) is 2.02. The predicted octanol–water partition coefficient (Wildman–Crippen LogP) is 2.73. The van der Waals surface area contributed by atoms with Crippen LogP contribution < -0.4 is 10.5 Å². The van der Waals surface area contributed by atoms with Gasteiger partial charge in [-0.3, -0.25) is 0 Å². The summed E-state index contributed by atoms with van der Waals surface area (Å²) in [5.74, 6) is 0.719. The third-order valence-corrected chi connectivity index (χ3v) is 5.10. The molecular weight excluding hydrogens is 312 g/mol. The molecule has 1 heterocycles. The number of benzene rings is 1. The van der Waals surface area contributed by atoms with Gasteiger partial charge in [-0.25, -0.2) is 13.1 Å². The van der Waals surface area contributed by atoms with Crippen LogP contribution in [0.5, 0.6) is 0 Å². The van der Waals surface area contributed by atoms with E-state index in [0.29, 0.717) is 17.0 Å². The van der Waals surface area contributed by atoms with Gasteiger partial charge in [0.25, 0.3) is 0 Å². The lowest BCUT2D eigenvalue weighted by Crippen LogP contribution is -2.34. The van der Waals surface area contributed by atoms with Gasteiger partial charge in [-0.15, -0.1) is 0 Å². The van der Waals surface area contributed by atoms with Crippen LogP contribution in [0.1, 0.15) is 18.2 Å². The minimum absolute atomic E-state index is 0.105. The molecule has 0 fully saturated rings. The number of anilines is 1. The predicted molar refractivity (Wildman–Crippen MR) is 82.8 cm³/mol. The molecule has 1 atom stereocenters. The third kappa shape index (κ3) is 3.78. The Balaban J connectivity index is 2.18. The van der Waals surface area contributed by atoms with E-state index >= 15 is 0 Å². The number of aryl methyl sites for hydroxylation is 1. The van der Waals surface area contributed by atoms with Crippen molar-refractivity contribution in [3.63, 3.8) is 0 Å². The minimum atomic E-state index is -3.65. The van der Waals surface area contributed by atoms with Gasteiger partial charge in [0, 0.05) is 12.5 Å². The van der Waals surface area contributed by atoms with Crippen LogP contribution in [0.4, 0.5) is 5.69 Å². The Morgan fingerprint density at radius 1 is 1.43 bits per heavy atom. The van der Waals surface area contributed by atoms with E-state index in [1.165, 1.54) is 12.1 Å². The first kappa shape index (κ1) is 15.9. The normalized spacial score (nSPS) is 13.3. The quantitative estimate of drug-likeness (QED) is 0.826. The van der Waals surface area contributed by atoms with Crippen LogP contribution in [0.2, 0.25) is 5.02 Å². The highest BCUT2D eigenvalue weighted by atomic mass is 35.5. The number of nitrogen functional groups attached to an aromatic ring is 1. The smallest absolute Gasteiger partial charge is 0.240 e. The molecule has 5 nitrogen and oxygen atoms in total. The number of nitrogens with one attached hydrogen (secondary N) is 1. The van der Waals surface area contributed by atoms with Crippen LogP contribution in [0.15, 0.2) is 39.8 Å². The molecule has 0 saturated heterocycles. The lowest BCUT2D eigenvalue weighted by Gasteiger charge is -2.14. The Hall–Kier alpha value is -1.50. The van der Waals surface area contributed by atoms with Crippen molar-refractivity contribution in [2.45, 2.75) is 31.2 Å². The van der Waals surface area contributed by atoms with Gasteiger partial charge in [0.2, 0.25) is 10.0 Å². The van der Waals surface area contributed by atoms with Crippen LogP contribution in [0.25, 0.3) is 0 Å². The lowest BCUT2D eigenvalue weighted by atomic mass is 10.2. The van der Waals surface area contributed by atoms with E-state index in [1.54, 1.807) is 32.2 Å². The number of rotatable bonds is 5. The molecule has 0 radical (unpaired) electrons. The van der Waals surface area contributed by atoms with Crippen LogP contribution in [-0.4, -0.2) is 14.5 Å². The maximum Gasteiger partial charge on any atom is 0.240 e. The third-order valence-electron chi connectivity index (χ3n) is 3.01. The summed E-state index contributed by atoms with van der Waals surface area (Å²) in [7, 11) is -3.65. The molecule has 0 aliphatic heterocycles. The van der Waals surface area contributed by atoms with Gasteiger partial charge in [0.05, 0.1) is 21.9 Å². The minimum Gasteiger partial charge on any atom is -0.469 e. The molecule has 1 unspecified atom stereocenters. The number of halogens is 1. The second-order valence-corrected chi connectivity index (χ2v) is 7.04. The summed E-state index contributed by atoms with van der Waals surface area (Å²) in [4.78, 5) is 0.105. The van der Waals surface area contributed by atoms with Crippen LogP contribution in [0, 0.1) is 6.92 Å². The summed E-state index contributed by atoms with van der Waals surface area (Å²) in [5.41, 5.74) is 6.59. The van der Waals surface area contributed by atoms with Crippen molar-refractivity contribution < 1.29 is 12.8 Å². The van der Waals surface area contributed by atoms with E-state index in [2.05, 4.69) is 4.72 Å². The Kier molecular flexibility index (Phi) is 4.61. The van der Waals surface area contributed by atoms with Crippen molar-refractivity contribution >= 4 is 27.3 Å². The van der Waals surface area contributed by atoms with Gasteiger partial charge in [-0.2, -0.15) is 0 Å². The fraction of sp³-hybridized carbons (Fsp3) is 0.286. The average Bonchev–Trinajstić information content (AvgIpc) is 2.87. The second kappa shape index (κ2) is 6.09. The summed E-state index contributed by atoms with van der Waals surface area (Å²) in [6.45, 7) is 3.48. The average molecular weight is 329 g/mol. The fourth-order valence-corrected chi connectivity index (χ4v) is 3.50. The van der Waals surface area contributed by atoms with E-state index < -0.39 is 10.0 Å². The van der Waals surface area contributed by atoms with Crippen LogP contribution >= 0.6 is 11.6 Å². The molecular formula is C14H17ClN2O3S. The highest BCUT2D eigenvalue weighted by Crippen LogP contribution is 2.26. The second-order valence-electron chi connectivity index (χ2n) is 4.95. The number of hydrogen-bond acceptors (Lipinski definition) is 4. The molecule has 3 N–H and O–H groups in total. The van der Waals surface area contributed by atoms with Gasteiger partial charge in [0.15, 0.2) is 0 Å². The maximum atomic E-state index is 12.3. The summed E-state index contributed by atoms with van der Waals surface area (Å²) in [6, 6.07) is 6.12. The molecule has 0 bridgehead atoms. The monoisotopic (exact) mass is 328 g/mol. The Morgan fingerprint density at radius 3 is 2.71 bits per heavy atom. The van der Waals surface area contributed by atoms with E-state index in [9.17, 15) is 8.42 Å². The molecule has 114 valence electrons. The molecule has 2 rings (SSSR count). The highest BCUT2D eigenvalue weighted by molar-refractivity contribution is 7.89. The van der Waals surface area contributed by atoms with Gasteiger partial charge in [-0.1, -0.05) is 11.6 Å². The Morgan fingerprint density at radius 2 is 2.14 bits per heavy atom. The molecule has 21 heavy (non-hydrogen) atoms. The molecule has 2 aromatic rings. The van der Waals surface area contributed by atoms with Crippen molar-refractivity contribution in [3.05, 3.63) is 46.9 Å². The SMILES string of the molecule is Cc1cc(S(=O)(=O)NC(C)Cc2ccco2)cc(N)c1Cl. The molecule has 0 saturated carbocycles. The first-order valence-corrected chi connectivity index (χ1v) is 8.26. The molecule has 0 aliphatic carbocycles. The zero-order valence-electron chi connectivity index (χ0n) is 11.8.